The Morgan fingerprint density at radius 3 is 2.71 bits per heavy atom. The molecule has 0 aromatic heterocycles. The first kappa shape index (κ1) is 19.4. The van der Waals surface area contributed by atoms with Gasteiger partial charge in [0.05, 0.1) is 6.54 Å². The van der Waals surface area contributed by atoms with Crippen LogP contribution >= 0.6 is 0 Å². The Balaban J connectivity index is 1.24. The number of likely N-dealkylation sites (tertiary alicyclic amines) is 2. The van der Waals surface area contributed by atoms with Crippen molar-refractivity contribution >= 4 is 11.8 Å². The van der Waals surface area contributed by atoms with E-state index in [1.807, 2.05) is 0 Å². The fourth-order valence-corrected chi connectivity index (χ4v) is 4.80. The van der Waals surface area contributed by atoms with Gasteiger partial charge in [-0.05, 0) is 62.8 Å². The Hall–Kier alpha value is -1.95. The normalized spacial score (nSPS) is 25.9. The Bertz CT molecular complexity index is 719. The highest BCUT2D eigenvalue weighted by molar-refractivity contribution is 5.78. The summed E-state index contributed by atoms with van der Waals surface area (Å²) in [6.07, 6.45) is 6.88. The lowest BCUT2D eigenvalue weighted by atomic mass is 9.73. The number of hydrogen-bond acceptors (Lipinski definition) is 3. The van der Waals surface area contributed by atoms with Crippen LogP contribution in [0.3, 0.4) is 0 Å². The van der Waals surface area contributed by atoms with Gasteiger partial charge in [0.1, 0.15) is 5.82 Å². The van der Waals surface area contributed by atoms with Crippen molar-refractivity contribution in [2.75, 3.05) is 32.7 Å². The fraction of sp³-hybridized carbons (Fsp3) is 0.636. The number of nitrogens with one attached hydrogen (secondary N) is 1. The smallest absolute Gasteiger partial charge is 0.234 e. The average molecular weight is 387 g/mol. The number of nitrogens with zero attached hydrogens (tertiary/aromatic N) is 2. The molecule has 1 unspecified atom stereocenters. The molecule has 1 N–H and O–H groups in total. The second-order valence-corrected chi connectivity index (χ2v) is 8.79. The summed E-state index contributed by atoms with van der Waals surface area (Å²) in [5.74, 6) is 0.130. The molecule has 0 radical (unpaired) electrons. The van der Waals surface area contributed by atoms with Crippen LogP contribution in [0.5, 0.6) is 0 Å². The van der Waals surface area contributed by atoms with Crippen LogP contribution in [0.25, 0.3) is 0 Å². The Morgan fingerprint density at radius 2 is 1.96 bits per heavy atom. The third-order valence-electron chi connectivity index (χ3n) is 6.44. The highest BCUT2D eigenvalue weighted by Gasteiger charge is 2.45. The van der Waals surface area contributed by atoms with Crippen LogP contribution in [0.4, 0.5) is 4.39 Å². The molecule has 6 heteroatoms. The van der Waals surface area contributed by atoms with Crippen LogP contribution in [0.15, 0.2) is 24.3 Å². The van der Waals surface area contributed by atoms with Crippen LogP contribution in [-0.2, 0) is 16.0 Å². The quantitative estimate of drug-likeness (QED) is 0.815. The van der Waals surface area contributed by atoms with E-state index >= 15 is 0 Å². The molecule has 28 heavy (non-hydrogen) atoms. The number of benzene rings is 1. The van der Waals surface area contributed by atoms with Gasteiger partial charge in [-0.1, -0.05) is 12.1 Å². The molecular weight excluding hydrogens is 357 g/mol. The topological polar surface area (TPSA) is 52.7 Å². The van der Waals surface area contributed by atoms with Crippen LogP contribution in [0.2, 0.25) is 0 Å². The molecule has 1 spiro atoms. The maximum Gasteiger partial charge on any atom is 0.234 e. The second kappa shape index (κ2) is 8.19. The molecule has 2 heterocycles. The van der Waals surface area contributed by atoms with Gasteiger partial charge in [0.2, 0.25) is 11.8 Å². The zero-order valence-corrected chi connectivity index (χ0v) is 16.5. The minimum absolute atomic E-state index is 0.0464. The molecule has 0 bridgehead atoms. The Labute approximate surface area is 166 Å². The summed E-state index contributed by atoms with van der Waals surface area (Å²) < 4.78 is 12.9. The maximum absolute atomic E-state index is 12.9. The van der Waals surface area contributed by atoms with Crippen molar-refractivity contribution in [3.05, 3.63) is 35.6 Å². The number of halogens is 1. The van der Waals surface area contributed by atoms with Crippen LogP contribution < -0.4 is 5.32 Å². The number of carbonyl (C=O) groups excluding carboxylic acids is 2. The third kappa shape index (κ3) is 4.72. The molecule has 1 atom stereocenters. The summed E-state index contributed by atoms with van der Waals surface area (Å²) in [6.45, 7) is 3.72. The molecule has 5 nitrogen and oxygen atoms in total. The zero-order valence-electron chi connectivity index (χ0n) is 16.5. The third-order valence-corrected chi connectivity index (χ3v) is 6.44. The summed E-state index contributed by atoms with van der Waals surface area (Å²) >= 11 is 0. The van der Waals surface area contributed by atoms with Crippen molar-refractivity contribution in [2.24, 2.45) is 5.41 Å². The van der Waals surface area contributed by atoms with E-state index in [0.29, 0.717) is 37.9 Å². The van der Waals surface area contributed by atoms with Crippen molar-refractivity contribution in [3.8, 4) is 0 Å². The number of piperidine rings is 2. The number of carbonyl (C=O) groups is 2. The van der Waals surface area contributed by atoms with Crippen molar-refractivity contribution < 1.29 is 14.0 Å². The SMILES string of the molecule is O=C(CN1CCCC2(CCC(=O)N(C3CC3)C2)C1)NCCc1ccc(F)cc1. The van der Waals surface area contributed by atoms with E-state index in [4.69, 9.17) is 0 Å². The lowest BCUT2D eigenvalue weighted by Gasteiger charge is -2.48. The predicted octanol–water partition coefficient (Wildman–Crippen LogP) is 2.35. The van der Waals surface area contributed by atoms with E-state index in [2.05, 4.69) is 15.1 Å². The summed E-state index contributed by atoms with van der Waals surface area (Å²) in [7, 11) is 0. The number of amides is 2. The first-order chi connectivity index (χ1) is 13.5. The number of rotatable bonds is 6. The summed E-state index contributed by atoms with van der Waals surface area (Å²) in [6, 6.07) is 6.89. The molecule has 3 aliphatic rings. The molecule has 2 amide bonds. The largest absolute Gasteiger partial charge is 0.355 e. The van der Waals surface area contributed by atoms with Gasteiger partial charge in [-0.25, -0.2) is 4.39 Å². The molecule has 4 rings (SSSR count). The summed E-state index contributed by atoms with van der Waals surface area (Å²) in [5.41, 5.74) is 1.19. The molecule has 3 fully saturated rings. The maximum atomic E-state index is 12.9. The monoisotopic (exact) mass is 387 g/mol. The van der Waals surface area contributed by atoms with Crippen molar-refractivity contribution in [2.45, 2.75) is 51.0 Å². The van der Waals surface area contributed by atoms with Crippen LogP contribution in [0, 0.1) is 11.2 Å². The van der Waals surface area contributed by atoms with E-state index in [1.54, 1.807) is 12.1 Å². The van der Waals surface area contributed by atoms with E-state index in [9.17, 15) is 14.0 Å². The molecule has 1 aliphatic carbocycles. The lowest BCUT2D eigenvalue weighted by Crippen LogP contribution is -2.55. The lowest BCUT2D eigenvalue weighted by molar-refractivity contribution is -0.140. The van der Waals surface area contributed by atoms with Gasteiger partial charge < -0.3 is 10.2 Å². The Morgan fingerprint density at radius 1 is 1.18 bits per heavy atom. The van der Waals surface area contributed by atoms with Crippen LogP contribution in [-0.4, -0.2) is 60.4 Å². The standard InChI is InChI=1S/C22H30FN3O2/c23-18-4-2-17(3-5-18)9-12-24-20(27)14-25-13-1-10-22(15-25)11-8-21(28)26(16-22)19-6-7-19/h2-5,19H,1,6-16H2,(H,24,27). The summed E-state index contributed by atoms with van der Waals surface area (Å²) in [5, 5.41) is 2.99. The Kier molecular flexibility index (Phi) is 5.67. The van der Waals surface area contributed by atoms with E-state index in [0.717, 1.165) is 57.3 Å². The fourth-order valence-electron chi connectivity index (χ4n) is 4.80. The molecule has 1 saturated carbocycles. The number of hydrogen-bond donors (Lipinski definition) is 1. The molecule has 152 valence electrons. The molecule has 1 aromatic carbocycles. The highest BCUT2D eigenvalue weighted by atomic mass is 19.1. The van der Waals surface area contributed by atoms with Crippen LogP contribution in [0.1, 0.15) is 44.1 Å². The van der Waals surface area contributed by atoms with Crippen molar-refractivity contribution in [1.82, 2.24) is 15.1 Å². The minimum atomic E-state index is -0.239. The predicted molar refractivity (Wildman–Crippen MR) is 105 cm³/mol. The zero-order chi connectivity index (χ0) is 19.6. The second-order valence-electron chi connectivity index (χ2n) is 8.79. The van der Waals surface area contributed by atoms with Crippen molar-refractivity contribution in [3.63, 3.8) is 0 Å². The van der Waals surface area contributed by atoms with Gasteiger partial charge in [-0.3, -0.25) is 14.5 Å². The van der Waals surface area contributed by atoms with E-state index in [1.165, 1.54) is 12.1 Å². The molecular formula is C22H30FN3O2. The van der Waals surface area contributed by atoms with Gasteiger partial charge in [0.25, 0.3) is 0 Å². The minimum Gasteiger partial charge on any atom is -0.355 e. The van der Waals surface area contributed by atoms with Gasteiger partial charge in [-0.15, -0.1) is 0 Å². The van der Waals surface area contributed by atoms with Gasteiger partial charge in [0.15, 0.2) is 0 Å². The average Bonchev–Trinajstić information content (AvgIpc) is 3.51. The molecule has 1 aromatic rings. The van der Waals surface area contributed by atoms with E-state index in [-0.39, 0.29) is 17.1 Å². The van der Waals surface area contributed by atoms with Gasteiger partial charge in [0, 0.05) is 37.5 Å². The molecule has 2 aliphatic heterocycles. The summed E-state index contributed by atoms with van der Waals surface area (Å²) in [4.78, 5) is 29.0. The van der Waals surface area contributed by atoms with Gasteiger partial charge in [-0.2, -0.15) is 0 Å². The highest BCUT2D eigenvalue weighted by Crippen LogP contribution is 2.42. The first-order valence-corrected chi connectivity index (χ1v) is 10.6. The molecule has 2 saturated heterocycles. The van der Waals surface area contributed by atoms with E-state index < -0.39 is 0 Å². The van der Waals surface area contributed by atoms with Gasteiger partial charge >= 0.3 is 0 Å². The van der Waals surface area contributed by atoms with Crippen molar-refractivity contribution in [1.29, 1.82) is 0 Å². The first-order valence-electron chi connectivity index (χ1n) is 10.6.